The highest BCUT2D eigenvalue weighted by atomic mass is 32.1. The number of aromatic nitrogens is 3. The molecular formula is C9H11N5S. The van der Waals surface area contributed by atoms with Gasteiger partial charge < -0.3 is 10.6 Å². The Bertz CT molecular complexity index is 428. The van der Waals surface area contributed by atoms with Gasteiger partial charge in [-0.3, -0.25) is 0 Å². The van der Waals surface area contributed by atoms with Crippen LogP contribution in [0.2, 0.25) is 0 Å². The van der Waals surface area contributed by atoms with Crippen LogP contribution in [-0.4, -0.2) is 22.0 Å². The van der Waals surface area contributed by atoms with Crippen molar-refractivity contribution in [2.45, 2.75) is 6.54 Å². The molecule has 0 amide bonds. The Morgan fingerprint density at radius 3 is 3.00 bits per heavy atom. The summed E-state index contributed by atoms with van der Waals surface area (Å²) in [6, 6.07) is 1.82. The summed E-state index contributed by atoms with van der Waals surface area (Å²) < 4.78 is 0. The number of nitrogen functional groups attached to an aromatic ring is 1. The normalized spacial score (nSPS) is 10.2. The molecule has 5 nitrogen and oxygen atoms in total. The first-order chi connectivity index (χ1) is 7.25. The van der Waals surface area contributed by atoms with Crippen LogP contribution in [0, 0.1) is 0 Å². The molecule has 78 valence electrons. The Balaban J connectivity index is 2.11. The number of hydrogen-bond acceptors (Lipinski definition) is 6. The van der Waals surface area contributed by atoms with Crippen molar-refractivity contribution in [1.29, 1.82) is 0 Å². The first-order valence-corrected chi connectivity index (χ1v) is 5.36. The zero-order valence-corrected chi connectivity index (χ0v) is 9.11. The van der Waals surface area contributed by atoms with E-state index in [2.05, 4.69) is 15.0 Å². The lowest BCUT2D eigenvalue weighted by atomic mass is 10.4. The summed E-state index contributed by atoms with van der Waals surface area (Å²) in [4.78, 5) is 14.2. The van der Waals surface area contributed by atoms with Gasteiger partial charge in [-0.2, -0.15) is 4.98 Å². The quantitative estimate of drug-likeness (QED) is 0.842. The van der Waals surface area contributed by atoms with E-state index in [9.17, 15) is 0 Å². The number of nitrogens with zero attached hydrogens (tertiary/aromatic N) is 4. The van der Waals surface area contributed by atoms with Crippen molar-refractivity contribution < 1.29 is 0 Å². The molecule has 0 radical (unpaired) electrons. The number of anilines is 2. The van der Waals surface area contributed by atoms with E-state index in [0.29, 0.717) is 0 Å². The molecule has 0 unspecified atom stereocenters. The summed E-state index contributed by atoms with van der Waals surface area (Å²) in [5, 5.41) is 2.01. The van der Waals surface area contributed by atoms with Crippen LogP contribution in [0.5, 0.6) is 0 Å². The van der Waals surface area contributed by atoms with Crippen molar-refractivity contribution in [3.8, 4) is 0 Å². The van der Waals surface area contributed by atoms with E-state index in [0.717, 1.165) is 18.1 Å². The van der Waals surface area contributed by atoms with E-state index in [-0.39, 0.29) is 5.95 Å². The molecule has 0 aromatic carbocycles. The lowest BCUT2D eigenvalue weighted by molar-refractivity contribution is 0.871. The van der Waals surface area contributed by atoms with Gasteiger partial charge in [-0.05, 0) is 6.07 Å². The highest BCUT2D eigenvalue weighted by Gasteiger charge is 2.05. The van der Waals surface area contributed by atoms with Crippen molar-refractivity contribution in [2.24, 2.45) is 0 Å². The zero-order valence-electron chi connectivity index (χ0n) is 8.29. The smallest absolute Gasteiger partial charge is 0.221 e. The Hall–Kier alpha value is -1.69. The number of nitrogens with two attached hydrogens (primary N) is 1. The maximum Gasteiger partial charge on any atom is 0.221 e. The third-order valence-corrected chi connectivity index (χ3v) is 2.57. The molecule has 0 saturated carbocycles. The summed E-state index contributed by atoms with van der Waals surface area (Å²) in [6.45, 7) is 0.722. The van der Waals surface area contributed by atoms with Gasteiger partial charge in [-0.15, -0.1) is 11.3 Å². The van der Waals surface area contributed by atoms with Gasteiger partial charge in [0.25, 0.3) is 0 Å². The maximum atomic E-state index is 5.51. The minimum absolute atomic E-state index is 0.289. The highest BCUT2D eigenvalue weighted by Crippen LogP contribution is 2.12. The molecule has 6 heteroatoms. The van der Waals surface area contributed by atoms with Crippen molar-refractivity contribution in [2.75, 3.05) is 17.7 Å². The lowest BCUT2D eigenvalue weighted by Crippen LogP contribution is -2.18. The molecule has 2 aromatic heterocycles. The third-order valence-electron chi connectivity index (χ3n) is 1.93. The van der Waals surface area contributed by atoms with E-state index >= 15 is 0 Å². The fraction of sp³-hybridized carbons (Fsp3) is 0.222. The topological polar surface area (TPSA) is 67.9 Å². The average Bonchev–Trinajstić information content (AvgIpc) is 2.70. The molecule has 0 atom stereocenters. The summed E-state index contributed by atoms with van der Waals surface area (Å²) in [7, 11) is 1.95. The second kappa shape index (κ2) is 4.22. The number of hydrogen-bond donors (Lipinski definition) is 1. The van der Waals surface area contributed by atoms with Gasteiger partial charge in [0, 0.05) is 18.6 Å². The largest absolute Gasteiger partial charge is 0.368 e. The molecule has 0 spiro atoms. The van der Waals surface area contributed by atoms with Gasteiger partial charge >= 0.3 is 0 Å². The lowest BCUT2D eigenvalue weighted by Gasteiger charge is -2.16. The van der Waals surface area contributed by atoms with Crippen LogP contribution in [-0.2, 0) is 6.54 Å². The second-order valence-electron chi connectivity index (χ2n) is 3.11. The molecule has 2 heterocycles. The standard InChI is InChI=1S/C9H11N5S/c1-14(4-7-5-15-6-12-7)8-2-3-11-9(10)13-8/h2-3,5-6H,4H2,1H3,(H2,10,11,13). The van der Waals surface area contributed by atoms with E-state index in [1.165, 1.54) is 0 Å². The summed E-state index contributed by atoms with van der Waals surface area (Å²) >= 11 is 1.58. The van der Waals surface area contributed by atoms with Crippen LogP contribution in [0.4, 0.5) is 11.8 Å². The van der Waals surface area contributed by atoms with Gasteiger partial charge in [-0.25, -0.2) is 9.97 Å². The predicted molar refractivity (Wildman–Crippen MR) is 60.7 cm³/mol. The van der Waals surface area contributed by atoms with Crippen LogP contribution < -0.4 is 10.6 Å². The summed E-state index contributed by atoms with van der Waals surface area (Å²) in [5.74, 6) is 1.09. The second-order valence-corrected chi connectivity index (χ2v) is 3.83. The molecule has 0 fully saturated rings. The molecule has 0 aliphatic carbocycles. The van der Waals surface area contributed by atoms with Crippen molar-refractivity contribution in [3.05, 3.63) is 28.8 Å². The van der Waals surface area contributed by atoms with Gasteiger partial charge in [-0.1, -0.05) is 0 Å². The van der Waals surface area contributed by atoms with Crippen molar-refractivity contribution >= 4 is 23.1 Å². The molecule has 0 aliphatic heterocycles. The minimum Gasteiger partial charge on any atom is -0.368 e. The third kappa shape index (κ3) is 2.41. The van der Waals surface area contributed by atoms with Gasteiger partial charge in [0.2, 0.25) is 5.95 Å². The highest BCUT2D eigenvalue weighted by molar-refractivity contribution is 7.07. The monoisotopic (exact) mass is 221 g/mol. The molecule has 2 N–H and O–H groups in total. The average molecular weight is 221 g/mol. The number of thiazole rings is 1. The molecule has 2 rings (SSSR count). The van der Waals surface area contributed by atoms with Gasteiger partial charge in [0.1, 0.15) is 5.82 Å². The van der Waals surface area contributed by atoms with Crippen LogP contribution in [0.25, 0.3) is 0 Å². The predicted octanol–water partition coefficient (Wildman–Crippen LogP) is 1.15. The fourth-order valence-corrected chi connectivity index (χ4v) is 1.77. The maximum absolute atomic E-state index is 5.51. The number of rotatable bonds is 3. The molecule has 0 bridgehead atoms. The van der Waals surface area contributed by atoms with Crippen LogP contribution >= 0.6 is 11.3 Å². The van der Waals surface area contributed by atoms with Gasteiger partial charge in [0.15, 0.2) is 0 Å². The first-order valence-electron chi connectivity index (χ1n) is 4.42. The Labute approximate surface area is 91.6 Å². The Kier molecular flexibility index (Phi) is 2.77. The Morgan fingerprint density at radius 1 is 1.47 bits per heavy atom. The first kappa shape index (κ1) is 9.85. The van der Waals surface area contributed by atoms with Crippen LogP contribution in [0.1, 0.15) is 5.69 Å². The molecule has 0 aliphatic rings. The molecule has 2 aromatic rings. The SMILES string of the molecule is CN(Cc1cscn1)c1ccnc(N)n1. The van der Waals surface area contributed by atoms with E-state index in [1.54, 1.807) is 17.5 Å². The van der Waals surface area contributed by atoms with E-state index in [1.807, 2.05) is 28.9 Å². The van der Waals surface area contributed by atoms with E-state index in [4.69, 9.17) is 5.73 Å². The van der Waals surface area contributed by atoms with Crippen LogP contribution in [0.15, 0.2) is 23.2 Å². The minimum atomic E-state index is 0.289. The summed E-state index contributed by atoms with van der Waals surface area (Å²) in [6.07, 6.45) is 1.65. The molecular weight excluding hydrogens is 210 g/mol. The van der Waals surface area contributed by atoms with Crippen LogP contribution in [0.3, 0.4) is 0 Å². The fourth-order valence-electron chi connectivity index (χ4n) is 1.22. The summed E-state index contributed by atoms with van der Waals surface area (Å²) in [5.41, 5.74) is 8.35. The van der Waals surface area contributed by atoms with Gasteiger partial charge in [0.05, 0.1) is 17.7 Å². The van der Waals surface area contributed by atoms with Crippen molar-refractivity contribution in [1.82, 2.24) is 15.0 Å². The molecule has 0 saturated heterocycles. The van der Waals surface area contributed by atoms with E-state index < -0.39 is 0 Å². The van der Waals surface area contributed by atoms with Crippen molar-refractivity contribution in [3.63, 3.8) is 0 Å². The Morgan fingerprint density at radius 2 is 2.33 bits per heavy atom. The molecule has 15 heavy (non-hydrogen) atoms. The zero-order chi connectivity index (χ0) is 10.7.